The van der Waals surface area contributed by atoms with Crippen LogP contribution in [0.5, 0.6) is 0 Å². The summed E-state index contributed by atoms with van der Waals surface area (Å²) in [5.41, 5.74) is 0.967. The summed E-state index contributed by atoms with van der Waals surface area (Å²) in [6.07, 6.45) is 0.632. The van der Waals surface area contributed by atoms with Crippen LogP contribution in [-0.2, 0) is 20.9 Å². The maximum absolute atomic E-state index is 12.3. The molecule has 0 spiro atoms. The summed E-state index contributed by atoms with van der Waals surface area (Å²) in [5, 5.41) is 2.56. The minimum atomic E-state index is -0.751. The molecule has 7 heteroatoms. The summed E-state index contributed by atoms with van der Waals surface area (Å²) in [4.78, 5) is 36.4. The Labute approximate surface area is 143 Å². The van der Waals surface area contributed by atoms with E-state index < -0.39 is 24.0 Å². The van der Waals surface area contributed by atoms with Gasteiger partial charge in [-0.1, -0.05) is 41.9 Å². The van der Waals surface area contributed by atoms with E-state index in [1.165, 1.54) is 0 Å². The lowest BCUT2D eigenvalue weighted by atomic mass is 10.0. The molecule has 1 aliphatic heterocycles. The van der Waals surface area contributed by atoms with Gasteiger partial charge in [0.15, 0.2) is 0 Å². The second kappa shape index (κ2) is 7.70. The van der Waals surface area contributed by atoms with Gasteiger partial charge >= 0.3 is 6.03 Å². The summed E-state index contributed by atoms with van der Waals surface area (Å²) < 4.78 is 6.49. The van der Waals surface area contributed by atoms with Crippen molar-refractivity contribution in [3.05, 3.63) is 34.3 Å². The number of imide groups is 1. The minimum absolute atomic E-state index is 0.0702. The molecule has 1 aromatic rings. The second-order valence-corrected chi connectivity index (χ2v) is 6.64. The fourth-order valence-corrected chi connectivity index (χ4v) is 2.60. The normalized spacial score (nSPS) is 19.1. The van der Waals surface area contributed by atoms with Crippen molar-refractivity contribution in [3.8, 4) is 0 Å². The molecule has 2 atom stereocenters. The molecule has 124 valence electrons. The molecule has 0 aliphatic carbocycles. The fourth-order valence-electron chi connectivity index (χ4n) is 2.33. The van der Waals surface area contributed by atoms with Crippen LogP contribution in [0.25, 0.3) is 0 Å². The first-order valence-corrected chi connectivity index (χ1v) is 8.14. The highest BCUT2D eigenvalue weighted by Gasteiger charge is 2.42. The smallest absolute Gasteiger partial charge is 0.325 e. The highest BCUT2D eigenvalue weighted by Crippen LogP contribution is 2.17. The number of nitrogens with zero attached hydrogens (tertiary/aromatic N) is 1. The largest absolute Gasteiger partial charge is 0.374 e. The first kappa shape index (κ1) is 17.6. The number of benzene rings is 1. The SMILES string of the molecule is CC(C)C(C=O)N1C(=O)NC(COCc2ccc(Br)cc2)C1=O. The Morgan fingerprint density at radius 3 is 2.52 bits per heavy atom. The van der Waals surface area contributed by atoms with Crippen LogP contribution in [0.1, 0.15) is 19.4 Å². The van der Waals surface area contributed by atoms with E-state index in [0.29, 0.717) is 12.9 Å². The Morgan fingerprint density at radius 2 is 1.96 bits per heavy atom. The van der Waals surface area contributed by atoms with E-state index in [-0.39, 0.29) is 12.5 Å². The highest BCUT2D eigenvalue weighted by atomic mass is 79.9. The van der Waals surface area contributed by atoms with Gasteiger partial charge in [0, 0.05) is 4.47 Å². The number of nitrogens with one attached hydrogen (secondary N) is 1. The number of hydrogen-bond donors (Lipinski definition) is 1. The molecule has 2 rings (SSSR count). The summed E-state index contributed by atoms with van der Waals surface area (Å²) >= 11 is 3.35. The van der Waals surface area contributed by atoms with Crippen molar-refractivity contribution in [1.82, 2.24) is 10.2 Å². The third-order valence-corrected chi connectivity index (χ3v) is 4.17. The predicted octanol–water partition coefficient (Wildman–Crippen LogP) is 2.11. The molecule has 3 amide bonds. The zero-order valence-corrected chi connectivity index (χ0v) is 14.6. The van der Waals surface area contributed by atoms with Crippen molar-refractivity contribution in [2.45, 2.75) is 32.5 Å². The van der Waals surface area contributed by atoms with E-state index in [1.54, 1.807) is 13.8 Å². The Hall–Kier alpha value is -1.73. The number of carbonyl (C=O) groups excluding carboxylic acids is 3. The average molecular weight is 383 g/mol. The van der Waals surface area contributed by atoms with Gasteiger partial charge in [0.05, 0.1) is 19.3 Å². The molecular weight excluding hydrogens is 364 g/mol. The monoisotopic (exact) mass is 382 g/mol. The van der Waals surface area contributed by atoms with E-state index in [9.17, 15) is 14.4 Å². The molecule has 1 saturated heterocycles. The minimum Gasteiger partial charge on any atom is -0.374 e. The molecule has 0 radical (unpaired) electrons. The molecule has 1 N–H and O–H groups in total. The van der Waals surface area contributed by atoms with Crippen molar-refractivity contribution in [2.24, 2.45) is 5.92 Å². The van der Waals surface area contributed by atoms with Gasteiger partial charge in [-0.15, -0.1) is 0 Å². The number of ether oxygens (including phenoxy) is 1. The lowest BCUT2D eigenvalue weighted by molar-refractivity contribution is -0.133. The van der Waals surface area contributed by atoms with E-state index in [4.69, 9.17) is 4.74 Å². The Morgan fingerprint density at radius 1 is 1.30 bits per heavy atom. The average Bonchev–Trinajstić information content (AvgIpc) is 2.78. The van der Waals surface area contributed by atoms with Crippen molar-refractivity contribution in [2.75, 3.05) is 6.61 Å². The number of carbonyl (C=O) groups is 3. The number of hydrogen-bond acceptors (Lipinski definition) is 4. The van der Waals surface area contributed by atoms with E-state index in [1.807, 2.05) is 24.3 Å². The first-order valence-electron chi connectivity index (χ1n) is 7.35. The summed E-state index contributed by atoms with van der Waals surface area (Å²) in [6, 6.07) is 5.58. The van der Waals surface area contributed by atoms with Gasteiger partial charge < -0.3 is 14.8 Å². The van der Waals surface area contributed by atoms with Crippen molar-refractivity contribution in [1.29, 1.82) is 0 Å². The van der Waals surface area contributed by atoms with Crippen LogP contribution >= 0.6 is 15.9 Å². The summed E-state index contributed by atoms with van der Waals surface area (Å²) in [6.45, 7) is 3.99. The van der Waals surface area contributed by atoms with Gasteiger partial charge in [-0.25, -0.2) is 4.79 Å². The first-order chi connectivity index (χ1) is 10.9. The Kier molecular flexibility index (Phi) is 5.90. The zero-order chi connectivity index (χ0) is 17.0. The van der Waals surface area contributed by atoms with Crippen LogP contribution in [0.3, 0.4) is 0 Å². The summed E-state index contributed by atoms with van der Waals surface area (Å²) in [7, 11) is 0. The van der Waals surface area contributed by atoms with Crippen LogP contribution in [0.4, 0.5) is 4.79 Å². The molecule has 0 bridgehead atoms. The fraction of sp³-hybridized carbons (Fsp3) is 0.438. The number of urea groups is 1. The Balaban J connectivity index is 1.92. The molecule has 1 aliphatic rings. The lowest BCUT2D eigenvalue weighted by Crippen LogP contribution is -2.45. The third kappa shape index (κ3) is 4.17. The van der Waals surface area contributed by atoms with E-state index in [0.717, 1.165) is 14.9 Å². The molecule has 1 fully saturated rings. The Bertz CT molecular complexity index is 588. The second-order valence-electron chi connectivity index (χ2n) is 5.72. The number of amides is 3. The molecule has 1 heterocycles. The van der Waals surface area contributed by atoms with Gasteiger partial charge in [-0.2, -0.15) is 0 Å². The van der Waals surface area contributed by atoms with Crippen molar-refractivity contribution >= 4 is 34.2 Å². The van der Waals surface area contributed by atoms with Crippen LogP contribution in [0.2, 0.25) is 0 Å². The lowest BCUT2D eigenvalue weighted by Gasteiger charge is -2.23. The zero-order valence-electron chi connectivity index (χ0n) is 13.0. The molecular formula is C16H19BrN2O4. The van der Waals surface area contributed by atoms with Crippen LogP contribution in [-0.4, -0.2) is 41.8 Å². The molecule has 0 aromatic heterocycles. The third-order valence-electron chi connectivity index (χ3n) is 3.64. The van der Waals surface area contributed by atoms with Crippen molar-refractivity contribution < 1.29 is 19.1 Å². The maximum Gasteiger partial charge on any atom is 0.325 e. The highest BCUT2D eigenvalue weighted by molar-refractivity contribution is 9.10. The van der Waals surface area contributed by atoms with Gasteiger partial charge in [0.2, 0.25) is 0 Å². The van der Waals surface area contributed by atoms with Gasteiger partial charge in [-0.05, 0) is 23.6 Å². The van der Waals surface area contributed by atoms with Crippen molar-refractivity contribution in [3.63, 3.8) is 0 Å². The molecule has 6 nitrogen and oxygen atoms in total. The van der Waals surface area contributed by atoms with Crippen LogP contribution in [0.15, 0.2) is 28.7 Å². The van der Waals surface area contributed by atoms with Crippen LogP contribution in [0, 0.1) is 5.92 Å². The van der Waals surface area contributed by atoms with Gasteiger partial charge in [0.25, 0.3) is 5.91 Å². The summed E-state index contributed by atoms with van der Waals surface area (Å²) in [5.74, 6) is -0.554. The molecule has 23 heavy (non-hydrogen) atoms. The molecule has 2 unspecified atom stereocenters. The van der Waals surface area contributed by atoms with Gasteiger partial charge in [0.1, 0.15) is 12.3 Å². The topological polar surface area (TPSA) is 75.7 Å². The number of halogens is 1. The molecule has 1 aromatic carbocycles. The predicted molar refractivity (Wildman–Crippen MR) is 87.7 cm³/mol. The van der Waals surface area contributed by atoms with Gasteiger partial charge in [-0.3, -0.25) is 9.69 Å². The number of aldehydes is 1. The van der Waals surface area contributed by atoms with Crippen LogP contribution < -0.4 is 5.32 Å². The quantitative estimate of drug-likeness (QED) is 0.578. The maximum atomic E-state index is 12.3. The van der Waals surface area contributed by atoms with E-state index in [2.05, 4.69) is 21.2 Å². The van der Waals surface area contributed by atoms with E-state index >= 15 is 0 Å². The molecule has 0 saturated carbocycles. The number of rotatable bonds is 7. The standard InChI is InChI=1S/C16H19BrN2O4/c1-10(2)14(7-20)19-15(21)13(18-16(19)22)9-23-8-11-3-5-12(17)6-4-11/h3-7,10,13-14H,8-9H2,1-2H3,(H,18,22).